The molecule has 0 atom stereocenters. The van der Waals surface area contributed by atoms with E-state index in [0.29, 0.717) is 16.6 Å². The van der Waals surface area contributed by atoms with Gasteiger partial charge in [0.05, 0.1) is 12.8 Å². The van der Waals surface area contributed by atoms with E-state index in [4.69, 9.17) is 23.2 Å². The van der Waals surface area contributed by atoms with Gasteiger partial charge in [-0.2, -0.15) is 5.10 Å². The number of hydrogen-bond donors (Lipinski definition) is 1. The Hall–Kier alpha value is -2.23. The van der Waals surface area contributed by atoms with Crippen LogP contribution in [0.4, 0.5) is 0 Å². The molecule has 3 rings (SSSR count). The number of para-hydroxylation sites is 1. The molecule has 0 radical (unpaired) electrons. The van der Waals surface area contributed by atoms with Crippen molar-refractivity contribution in [2.75, 3.05) is 0 Å². The van der Waals surface area contributed by atoms with Crippen LogP contribution in [0.5, 0.6) is 0 Å². The minimum atomic E-state index is 0.473. The van der Waals surface area contributed by atoms with Crippen molar-refractivity contribution in [3.63, 3.8) is 0 Å². The molecule has 2 aromatic carbocycles. The Bertz CT molecular complexity index is 877. The highest BCUT2D eigenvalue weighted by molar-refractivity contribution is 6.35. The number of fused-ring (bicyclic) bond motifs is 1. The van der Waals surface area contributed by atoms with E-state index in [1.54, 1.807) is 0 Å². The molecular formula is C19H17Cl2N3. The molecule has 0 bridgehead atoms. The Kier molecular flexibility index (Phi) is 5.24. The summed E-state index contributed by atoms with van der Waals surface area (Å²) in [6.07, 6.45) is 5.76. The van der Waals surface area contributed by atoms with E-state index in [9.17, 15) is 0 Å². The Labute approximate surface area is 151 Å². The van der Waals surface area contributed by atoms with Crippen molar-refractivity contribution in [3.05, 3.63) is 82.5 Å². The highest BCUT2D eigenvalue weighted by Gasteiger charge is 2.06. The van der Waals surface area contributed by atoms with Crippen LogP contribution in [0.15, 0.2) is 66.4 Å². The maximum Gasteiger partial charge on any atom is 0.0609 e. The van der Waals surface area contributed by atoms with Gasteiger partial charge in [-0.3, -0.25) is 0 Å². The zero-order valence-corrected chi connectivity index (χ0v) is 14.6. The van der Waals surface area contributed by atoms with Crippen molar-refractivity contribution in [1.82, 2.24) is 9.99 Å². The van der Waals surface area contributed by atoms with Crippen LogP contribution < -0.4 is 5.43 Å². The fourth-order valence-corrected chi connectivity index (χ4v) is 3.14. The lowest BCUT2D eigenvalue weighted by atomic mass is 10.2. The summed E-state index contributed by atoms with van der Waals surface area (Å²) >= 11 is 12.3. The zero-order chi connectivity index (χ0) is 16.9. The topological polar surface area (TPSA) is 29.3 Å². The molecule has 1 N–H and O–H groups in total. The predicted octanol–water partition coefficient (Wildman–Crippen LogP) is 5.26. The van der Waals surface area contributed by atoms with Crippen LogP contribution in [0.25, 0.3) is 10.9 Å². The average molecular weight is 358 g/mol. The molecule has 3 aromatic rings. The van der Waals surface area contributed by atoms with Gasteiger partial charge >= 0.3 is 0 Å². The fourth-order valence-electron chi connectivity index (χ4n) is 2.61. The van der Waals surface area contributed by atoms with E-state index in [1.807, 2.05) is 42.6 Å². The van der Waals surface area contributed by atoms with Gasteiger partial charge in [-0.25, -0.2) is 0 Å². The first kappa shape index (κ1) is 16.6. The second-order valence-corrected chi connectivity index (χ2v) is 6.15. The number of rotatable bonds is 6. The molecule has 5 heteroatoms. The maximum atomic E-state index is 6.15. The SMILES string of the molecule is C=CCn1cc(/C=N\NCc2c(Cl)cccc2Cl)c2ccccc21. The quantitative estimate of drug-likeness (QED) is 0.364. The van der Waals surface area contributed by atoms with Gasteiger partial charge in [0.1, 0.15) is 0 Å². The molecule has 0 unspecified atom stereocenters. The number of halogens is 2. The summed E-state index contributed by atoms with van der Waals surface area (Å²) in [5.74, 6) is 0. The largest absolute Gasteiger partial charge is 0.343 e. The van der Waals surface area contributed by atoms with E-state index in [-0.39, 0.29) is 0 Å². The minimum Gasteiger partial charge on any atom is -0.343 e. The summed E-state index contributed by atoms with van der Waals surface area (Å²) in [7, 11) is 0. The number of nitrogens with zero attached hydrogens (tertiary/aromatic N) is 2. The van der Waals surface area contributed by atoms with Crippen LogP contribution in [-0.2, 0) is 13.1 Å². The van der Waals surface area contributed by atoms with Gasteiger partial charge in [0.2, 0.25) is 0 Å². The maximum absolute atomic E-state index is 6.15. The van der Waals surface area contributed by atoms with Crippen molar-refractivity contribution in [1.29, 1.82) is 0 Å². The smallest absolute Gasteiger partial charge is 0.0609 e. The summed E-state index contributed by atoms with van der Waals surface area (Å²) in [6.45, 7) is 5.04. The second-order valence-electron chi connectivity index (χ2n) is 5.34. The van der Waals surface area contributed by atoms with Crippen molar-refractivity contribution in [3.8, 4) is 0 Å². The molecule has 0 spiro atoms. The van der Waals surface area contributed by atoms with E-state index >= 15 is 0 Å². The zero-order valence-electron chi connectivity index (χ0n) is 13.0. The molecule has 24 heavy (non-hydrogen) atoms. The second kappa shape index (κ2) is 7.56. The number of aromatic nitrogens is 1. The first-order valence-corrected chi connectivity index (χ1v) is 8.34. The van der Waals surface area contributed by atoms with Gasteiger partial charge in [-0.15, -0.1) is 6.58 Å². The molecule has 0 saturated heterocycles. The van der Waals surface area contributed by atoms with Crippen molar-refractivity contribution in [2.24, 2.45) is 5.10 Å². The normalized spacial score (nSPS) is 11.2. The lowest BCUT2D eigenvalue weighted by molar-refractivity contribution is 0.748. The van der Waals surface area contributed by atoms with Crippen LogP contribution >= 0.6 is 23.2 Å². The Morgan fingerprint density at radius 2 is 1.83 bits per heavy atom. The number of benzene rings is 2. The first-order valence-electron chi connectivity index (χ1n) is 7.58. The Morgan fingerprint density at radius 3 is 2.58 bits per heavy atom. The van der Waals surface area contributed by atoms with Crippen molar-refractivity contribution < 1.29 is 0 Å². The molecule has 0 amide bonds. The number of allylic oxidation sites excluding steroid dienone is 1. The number of hydrazone groups is 1. The van der Waals surface area contributed by atoms with Crippen LogP contribution in [0, 0.1) is 0 Å². The molecule has 1 heterocycles. The first-order chi connectivity index (χ1) is 11.7. The predicted molar refractivity (Wildman–Crippen MR) is 103 cm³/mol. The van der Waals surface area contributed by atoms with Crippen LogP contribution in [-0.4, -0.2) is 10.8 Å². The van der Waals surface area contributed by atoms with Crippen molar-refractivity contribution >= 4 is 40.3 Å². The minimum absolute atomic E-state index is 0.473. The number of hydrogen-bond acceptors (Lipinski definition) is 2. The van der Waals surface area contributed by atoms with Gasteiger partial charge in [0, 0.05) is 44.8 Å². The molecule has 0 aliphatic carbocycles. The summed E-state index contributed by atoms with van der Waals surface area (Å²) in [6, 6.07) is 13.7. The average Bonchev–Trinajstić information content (AvgIpc) is 2.92. The molecule has 0 aliphatic heterocycles. The third kappa shape index (κ3) is 3.48. The molecule has 1 aromatic heterocycles. The molecule has 122 valence electrons. The lowest BCUT2D eigenvalue weighted by Gasteiger charge is -2.05. The molecular weight excluding hydrogens is 341 g/mol. The van der Waals surface area contributed by atoms with E-state index in [2.05, 4.69) is 40.0 Å². The van der Waals surface area contributed by atoms with Gasteiger partial charge in [-0.1, -0.05) is 53.5 Å². The fraction of sp³-hybridized carbons (Fsp3) is 0.105. The van der Waals surface area contributed by atoms with Gasteiger partial charge in [0.15, 0.2) is 0 Å². The van der Waals surface area contributed by atoms with E-state index in [0.717, 1.165) is 28.6 Å². The van der Waals surface area contributed by atoms with Crippen LogP contribution in [0.2, 0.25) is 10.0 Å². The molecule has 0 fully saturated rings. The molecule has 0 saturated carbocycles. The van der Waals surface area contributed by atoms with Gasteiger partial charge in [0.25, 0.3) is 0 Å². The number of nitrogens with one attached hydrogen (secondary N) is 1. The lowest BCUT2D eigenvalue weighted by Crippen LogP contribution is -2.06. The van der Waals surface area contributed by atoms with E-state index < -0.39 is 0 Å². The van der Waals surface area contributed by atoms with Gasteiger partial charge in [-0.05, 0) is 18.2 Å². The standard InChI is InChI=1S/C19H17Cl2N3/c1-2-10-24-13-14(15-6-3-4-9-19(15)24)11-22-23-12-16-17(20)7-5-8-18(16)21/h2-9,11,13,23H,1,10,12H2/b22-11-. The third-order valence-corrected chi connectivity index (χ3v) is 4.47. The van der Waals surface area contributed by atoms with Crippen LogP contribution in [0.3, 0.4) is 0 Å². The Morgan fingerprint density at radius 1 is 1.08 bits per heavy atom. The highest BCUT2D eigenvalue weighted by Crippen LogP contribution is 2.24. The summed E-state index contributed by atoms with van der Waals surface area (Å²) < 4.78 is 2.15. The summed E-state index contributed by atoms with van der Waals surface area (Å²) in [5.41, 5.74) is 6.06. The highest BCUT2D eigenvalue weighted by atomic mass is 35.5. The Balaban J connectivity index is 1.77. The van der Waals surface area contributed by atoms with Gasteiger partial charge < -0.3 is 9.99 Å². The molecule has 0 aliphatic rings. The monoisotopic (exact) mass is 357 g/mol. The summed E-state index contributed by atoms with van der Waals surface area (Å²) in [5, 5.41) is 6.73. The van der Waals surface area contributed by atoms with Crippen molar-refractivity contribution in [2.45, 2.75) is 13.1 Å². The third-order valence-electron chi connectivity index (χ3n) is 3.76. The van der Waals surface area contributed by atoms with Crippen LogP contribution in [0.1, 0.15) is 11.1 Å². The summed E-state index contributed by atoms with van der Waals surface area (Å²) in [4.78, 5) is 0. The van der Waals surface area contributed by atoms with E-state index in [1.165, 1.54) is 0 Å². The molecule has 3 nitrogen and oxygen atoms in total.